The lowest BCUT2D eigenvalue weighted by Crippen LogP contribution is -2.34. The van der Waals surface area contributed by atoms with Crippen LogP contribution >= 0.6 is 46.4 Å². The molecule has 1 aromatic heterocycles. The summed E-state index contributed by atoms with van der Waals surface area (Å²) >= 11 is 13.9. The van der Waals surface area contributed by atoms with Crippen molar-refractivity contribution >= 4 is 74.2 Å². The van der Waals surface area contributed by atoms with E-state index in [1.54, 1.807) is 29.1 Å². The van der Waals surface area contributed by atoms with Crippen molar-refractivity contribution in [1.82, 2.24) is 20.3 Å². The van der Waals surface area contributed by atoms with E-state index in [4.69, 9.17) is 23.8 Å². The Kier molecular flexibility index (Phi) is 7.56. The normalized spacial score (nSPS) is 10.9. The summed E-state index contributed by atoms with van der Waals surface area (Å²) in [4.78, 5) is 14.1. The van der Waals surface area contributed by atoms with Gasteiger partial charge in [0.2, 0.25) is 0 Å². The van der Waals surface area contributed by atoms with Crippen LogP contribution in [0, 0.1) is 3.57 Å². The highest BCUT2D eigenvalue weighted by molar-refractivity contribution is 14.1. The van der Waals surface area contributed by atoms with Gasteiger partial charge in [-0.3, -0.25) is 10.1 Å². The van der Waals surface area contributed by atoms with Crippen molar-refractivity contribution < 1.29 is 4.79 Å². The molecule has 1 heterocycles. The number of anilines is 1. The van der Waals surface area contributed by atoms with E-state index in [0.717, 1.165) is 15.7 Å². The SMILES string of the molecule is CCCCc1ccc(-n2nc3cc(Cl)c(NC(=S)NC(=O)c4ccccc4I)cc3n2)cc1. The van der Waals surface area contributed by atoms with Gasteiger partial charge < -0.3 is 5.32 Å². The topological polar surface area (TPSA) is 71.8 Å². The Morgan fingerprint density at radius 2 is 1.79 bits per heavy atom. The summed E-state index contributed by atoms with van der Waals surface area (Å²) in [6.07, 6.45) is 3.41. The minimum absolute atomic E-state index is 0.149. The maximum atomic E-state index is 12.5. The number of carbonyl (C=O) groups is 1. The average molecular weight is 590 g/mol. The van der Waals surface area contributed by atoms with Gasteiger partial charge in [-0.1, -0.05) is 49.2 Å². The quantitative estimate of drug-likeness (QED) is 0.209. The summed E-state index contributed by atoms with van der Waals surface area (Å²) < 4.78 is 0.838. The summed E-state index contributed by atoms with van der Waals surface area (Å²) in [5.41, 5.74) is 4.58. The zero-order valence-corrected chi connectivity index (χ0v) is 21.5. The van der Waals surface area contributed by atoms with E-state index >= 15 is 0 Å². The van der Waals surface area contributed by atoms with E-state index in [2.05, 4.69) is 62.5 Å². The number of unbranched alkanes of at least 4 members (excludes halogenated alkanes) is 1. The molecule has 4 rings (SSSR count). The molecule has 0 aliphatic carbocycles. The first-order chi connectivity index (χ1) is 15.9. The molecule has 1 amide bonds. The van der Waals surface area contributed by atoms with E-state index in [1.165, 1.54) is 18.4 Å². The van der Waals surface area contributed by atoms with Gasteiger partial charge in [0, 0.05) is 3.57 Å². The van der Waals surface area contributed by atoms with Crippen molar-refractivity contribution in [3.8, 4) is 5.69 Å². The van der Waals surface area contributed by atoms with Crippen LogP contribution in [0.3, 0.4) is 0 Å². The Morgan fingerprint density at radius 3 is 2.48 bits per heavy atom. The number of fused-ring (bicyclic) bond motifs is 1. The lowest BCUT2D eigenvalue weighted by molar-refractivity contribution is 0.0977. The van der Waals surface area contributed by atoms with Gasteiger partial charge in [-0.2, -0.15) is 4.80 Å². The summed E-state index contributed by atoms with van der Waals surface area (Å²) in [5, 5.41) is 15.4. The molecule has 0 fully saturated rings. The maximum Gasteiger partial charge on any atom is 0.258 e. The molecule has 0 atom stereocenters. The Balaban J connectivity index is 1.50. The monoisotopic (exact) mass is 589 g/mol. The van der Waals surface area contributed by atoms with E-state index in [0.29, 0.717) is 27.3 Å². The van der Waals surface area contributed by atoms with Crippen molar-refractivity contribution in [2.24, 2.45) is 0 Å². The number of rotatable bonds is 6. The van der Waals surface area contributed by atoms with Gasteiger partial charge in [0.05, 0.1) is 22.0 Å². The van der Waals surface area contributed by atoms with Crippen molar-refractivity contribution in [1.29, 1.82) is 0 Å². The Labute approximate surface area is 215 Å². The van der Waals surface area contributed by atoms with Crippen LogP contribution in [0.25, 0.3) is 16.7 Å². The maximum absolute atomic E-state index is 12.5. The number of nitrogens with zero attached hydrogens (tertiary/aromatic N) is 3. The van der Waals surface area contributed by atoms with Gasteiger partial charge in [-0.25, -0.2) is 0 Å². The minimum atomic E-state index is -0.289. The average Bonchev–Trinajstić information content (AvgIpc) is 3.21. The van der Waals surface area contributed by atoms with Crippen LogP contribution in [0.4, 0.5) is 5.69 Å². The third kappa shape index (κ3) is 5.69. The third-order valence-electron chi connectivity index (χ3n) is 5.05. The molecule has 0 radical (unpaired) electrons. The number of aromatic nitrogens is 3. The molecule has 3 aromatic carbocycles. The van der Waals surface area contributed by atoms with Crippen LogP contribution in [0.15, 0.2) is 60.7 Å². The van der Waals surface area contributed by atoms with Crippen LogP contribution in [0.2, 0.25) is 5.02 Å². The van der Waals surface area contributed by atoms with Crippen LogP contribution in [0.1, 0.15) is 35.7 Å². The standard InChI is InChI=1S/C24H21ClIN5OS/c1-2-3-6-15-9-11-16(12-10-15)31-29-21-13-18(25)20(14-22(21)30-31)27-24(33)28-23(32)17-7-4-5-8-19(17)26/h4-5,7-14H,2-3,6H2,1H3,(H2,27,28,32,33). The molecule has 0 unspecified atom stereocenters. The summed E-state index contributed by atoms with van der Waals surface area (Å²) in [6, 6.07) is 19.0. The number of thiocarbonyl (C=S) groups is 1. The summed E-state index contributed by atoms with van der Waals surface area (Å²) in [7, 11) is 0. The number of amides is 1. The predicted molar refractivity (Wildman–Crippen MR) is 145 cm³/mol. The highest BCUT2D eigenvalue weighted by Gasteiger charge is 2.14. The minimum Gasteiger partial charge on any atom is -0.331 e. The van der Waals surface area contributed by atoms with Crippen LogP contribution in [-0.4, -0.2) is 26.0 Å². The molecule has 4 aromatic rings. The molecule has 33 heavy (non-hydrogen) atoms. The van der Waals surface area contributed by atoms with Gasteiger partial charge in [0.1, 0.15) is 11.0 Å². The molecule has 6 nitrogen and oxygen atoms in total. The van der Waals surface area contributed by atoms with Gasteiger partial charge in [0.15, 0.2) is 5.11 Å². The molecule has 168 valence electrons. The largest absolute Gasteiger partial charge is 0.331 e. The van der Waals surface area contributed by atoms with Crippen LogP contribution in [0.5, 0.6) is 0 Å². The number of carbonyl (C=O) groups excluding carboxylic acids is 1. The number of hydrogen-bond acceptors (Lipinski definition) is 4. The highest BCUT2D eigenvalue weighted by atomic mass is 127. The van der Waals surface area contributed by atoms with Crippen molar-refractivity contribution in [3.63, 3.8) is 0 Å². The predicted octanol–water partition coefficient (Wildman–Crippen LogP) is 6.15. The molecular formula is C24H21ClIN5OS. The Morgan fingerprint density at radius 1 is 1.09 bits per heavy atom. The zero-order valence-electron chi connectivity index (χ0n) is 17.8. The number of nitrogens with one attached hydrogen (secondary N) is 2. The summed E-state index contributed by atoms with van der Waals surface area (Å²) in [6.45, 7) is 2.19. The molecule has 9 heteroatoms. The molecule has 2 N–H and O–H groups in total. The fraction of sp³-hybridized carbons (Fsp3) is 0.167. The third-order valence-corrected chi connectivity index (χ3v) is 6.51. The van der Waals surface area contributed by atoms with E-state index in [1.807, 2.05) is 24.3 Å². The first kappa shape index (κ1) is 23.6. The fourth-order valence-corrected chi connectivity index (χ4v) is 4.34. The Hall–Kier alpha value is -2.56. The fourth-order valence-electron chi connectivity index (χ4n) is 3.30. The highest BCUT2D eigenvalue weighted by Crippen LogP contribution is 2.27. The number of halogens is 2. The van der Waals surface area contributed by atoms with Gasteiger partial charge in [-0.15, -0.1) is 10.2 Å². The van der Waals surface area contributed by atoms with Gasteiger partial charge >= 0.3 is 0 Å². The molecule has 0 aliphatic heterocycles. The van der Waals surface area contributed by atoms with Crippen molar-refractivity contribution in [2.75, 3.05) is 5.32 Å². The molecular weight excluding hydrogens is 569 g/mol. The summed E-state index contributed by atoms with van der Waals surface area (Å²) in [5.74, 6) is -0.289. The van der Waals surface area contributed by atoms with Crippen LogP contribution in [-0.2, 0) is 6.42 Å². The lowest BCUT2D eigenvalue weighted by atomic mass is 10.1. The van der Waals surface area contributed by atoms with Crippen molar-refractivity contribution in [2.45, 2.75) is 26.2 Å². The second kappa shape index (κ2) is 10.6. The molecule has 0 saturated heterocycles. The van der Waals surface area contributed by atoms with E-state index in [9.17, 15) is 4.79 Å². The lowest BCUT2D eigenvalue weighted by Gasteiger charge is -2.11. The first-order valence-electron chi connectivity index (χ1n) is 10.5. The second-order valence-electron chi connectivity index (χ2n) is 7.47. The zero-order chi connectivity index (χ0) is 23.4. The number of aryl methyl sites for hydroxylation is 1. The molecule has 0 saturated carbocycles. The molecule has 0 bridgehead atoms. The van der Waals surface area contributed by atoms with Gasteiger partial charge in [0.25, 0.3) is 5.91 Å². The Bertz CT molecular complexity index is 1320. The number of hydrogen-bond donors (Lipinski definition) is 2. The van der Waals surface area contributed by atoms with E-state index < -0.39 is 0 Å². The number of benzene rings is 3. The molecule has 0 aliphatic rings. The first-order valence-corrected chi connectivity index (χ1v) is 12.3. The smallest absolute Gasteiger partial charge is 0.258 e. The van der Waals surface area contributed by atoms with Crippen LogP contribution < -0.4 is 10.6 Å². The van der Waals surface area contributed by atoms with Crippen molar-refractivity contribution in [3.05, 3.63) is 80.4 Å². The van der Waals surface area contributed by atoms with E-state index in [-0.39, 0.29) is 11.0 Å². The second-order valence-corrected chi connectivity index (χ2v) is 9.45. The molecule has 0 spiro atoms. The van der Waals surface area contributed by atoms with Gasteiger partial charge in [-0.05, 0) is 89.6 Å².